The van der Waals surface area contributed by atoms with Crippen LogP contribution in [0.3, 0.4) is 0 Å². The quantitative estimate of drug-likeness (QED) is 0.844. The fourth-order valence-corrected chi connectivity index (χ4v) is 3.66. The number of ether oxygens (including phenoxy) is 1. The summed E-state index contributed by atoms with van der Waals surface area (Å²) in [5, 5.41) is 13.2. The number of allylic oxidation sites excluding steroid dienone is 2. The van der Waals surface area contributed by atoms with Gasteiger partial charge in [0.05, 0.1) is 30.2 Å². The van der Waals surface area contributed by atoms with Crippen LogP contribution in [0.25, 0.3) is 0 Å². The van der Waals surface area contributed by atoms with Crippen LogP contribution in [0.5, 0.6) is 0 Å². The zero-order chi connectivity index (χ0) is 18.7. The third-order valence-corrected chi connectivity index (χ3v) is 4.94. The van der Waals surface area contributed by atoms with Crippen molar-refractivity contribution in [2.75, 3.05) is 20.2 Å². The van der Waals surface area contributed by atoms with E-state index in [0.717, 1.165) is 31.8 Å². The second kappa shape index (κ2) is 7.61. The molecule has 1 saturated heterocycles. The first-order valence-electron chi connectivity index (χ1n) is 8.77. The Kier molecular flexibility index (Phi) is 5.27. The van der Waals surface area contributed by atoms with Crippen LogP contribution < -0.4 is 5.32 Å². The zero-order valence-corrected chi connectivity index (χ0v) is 15.0. The Morgan fingerprint density at radius 1 is 1.27 bits per heavy atom. The van der Waals surface area contributed by atoms with Gasteiger partial charge in [-0.05, 0) is 43.9 Å². The molecule has 0 spiro atoms. The summed E-state index contributed by atoms with van der Waals surface area (Å²) in [5.41, 5.74) is 2.20. The molecule has 0 saturated carbocycles. The van der Waals surface area contributed by atoms with Gasteiger partial charge < -0.3 is 15.0 Å². The van der Waals surface area contributed by atoms with Crippen LogP contribution in [0, 0.1) is 17.1 Å². The Balaban J connectivity index is 2.14. The molecule has 26 heavy (non-hydrogen) atoms. The second-order valence-corrected chi connectivity index (χ2v) is 6.56. The number of benzene rings is 1. The van der Waals surface area contributed by atoms with Gasteiger partial charge in [-0.25, -0.2) is 9.18 Å². The van der Waals surface area contributed by atoms with Gasteiger partial charge in [-0.3, -0.25) is 0 Å². The number of carbonyl (C=O) groups excluding carboxylic acids is 1. The summed E-state index contributed by atoms with van der Waals surface area (Å²) in [6.07, 6.45) is 3.31. The molecular weight excluding hydrogens is 333 g/mol. The summed E-state index contributed by atoms with van der Waals surface area (Å²) < 4.78 is 18.4. The number of nitrogens with zero attached hydrogens (tertiary/aromatic N) is 2. The molecule has 5 nitrogen and oxygen atoms in total. The third kappa shape index (κ3) is 3.30. The van der Waals surface area contributed by atoms with Crippen LogP contribution in [0.2, 0.25) is 0 Å². The lowest BCUT2D eigenvalue weighted by Gasteiger charge is -2.37. The topological polar surface area (TPSA) is 65.4 Å². The maximum Gasteiger partial charge on any atom is 0.336 e. The number of esters is 1. The number of hydrogen-bond donors (Lipinski definition) is 1. The molecule has 0 aromatic heterocycles. The molecule has 1 fully saturated rings. The number of dihydropyridines is 1. The number of likely N-dealkylation sites (tertiary alicyclic amines) is 1. The van der Waals surface area contributed by atoms with E-state index in [2.05, 4.69) is 16.3 Å². The highest BCUT2D eigenvalue weighted by atomic mass is 19.1. The van der Waals surface area contributed by atoms with Gasteiger partial charge in [-0.15, -0.1) is 0 Å². The lowest BCUT2D eigenvalue weighted by Crippen LogP contribution is -2.40. The molecule has 0 aliphatic carbocycles. The average molecular weight is 355 g/mol. The Bertz CT molecular complexity index is 799. The molecule has 0 radical (unpaired) electrons. The fraction of sp³-hybridized carbons (Fsp3) is 0.400. The monoisotopic (exact) mass is 355 g/mol. The minimum atomic E-state index is -0.578. The SMILES string of the molecule is COC(=O)C1=C(C)NC(N2CCCCC2)=C(C#N)C1c1ccc(F)cc1. The minimum absolute atomic E-state index is 0.359. The number of nitrogens with one attached hydrogen (secondary N) is 1. The number of methoxy groups -OCH3 is 1. The first-order chi connectivity index (χ1) is 12.6. The number of rotatable bonds is 3. The van der Waals surface area contributed by atoms with Crippen LogP contribution in [-0.2, 0) is 9.53 Å². The summed E-state index contributed by atoms with van der Waals surface area (Å²) in [6.45, 7) is 3.54. The summed E-state index contributed by atoms with van der Waals surface area (Å²) in [7, 11) is 1.32. The average Bonchev–Trinajstić information content (AvgIpc) is 2.68. The van der Waals surface area contributed by atoms with Gasteiger partial charge in [-0.1, -0.05) is 12.1 Å². The Morgan fingerprint density at radius 2 is 1.92 bits per heavy atom. The van der Waals surface area contributed by atoms with E-state index >= 15 is 0 Å². The van der Waals surface area contributed by atoms with Crippen LogP contribution in [0.4, 0.5) is 4.39 Å². The van der Waals surface area contributed by atoms with Crippen LogP contribution in [0.15, 0.2) is 46.9 Å². The van der Waals surface area contributed by atoms with E-state index in [4.69, 9.17) is 4.74 Å². The van der Waals surface area contributed by atoms with Crippen LogP contribution >= 0.6 is 0 Å². The van der Waals surface area contributed by atoms with E-state index in [-0.39, 0.29) is 5.82 Å². The van der Waals surface area contributed by atoms with Crippen molar-refractivity contribution in [2.24, 2.45) is 0 Å². The number of nitriles is 1. The normalized spacial score (nSPS) is 20.5. The van der Waals surface area contributed by atoms with E-state index in [1.54, 1.807) is 19.1 Å². The first kappa shape index (κ1) is 18.0. The lowest BCUT2D eigenvalue weighted by molar-refractivity contribution is -0.136. The Morgan fingerprint density at radius 3 is 2.50 bits per heavy atom. The minimum Gasteiger partial charge on any atom is -0.466 e. The summed E-state index contributed by atoms with van der Waals surface area (Å²) in [5.74, 6) is -0.686. The Labute approximate surface area is 152 Å². The second-order valence-electron chi connectivity index (χ2n) is 6.56. The molecule has 2 heterocycles. The van der Waals surface area contributed by atoms with Gasteiger partial charge in [-0.2, -0.15) is 5.26 Å². The summed E-state index contributed by atoms with van der Waals surface area (Å²) >= 11 is 0. The van der Waals surface area contributed by atoms with Crippen molar-refractivity contribution < 1.29 is 13.9 Å². The largest absolute Gasteiger partial charge is 0.466 e. The highest BCUT2D eigenvalue weighted by Crippen LogP contribution is 2.39. The molecule has 1 N–H and O–H groups in total. The molecule has 1 atom stereocenters. The van der Waals surface area contributed by atoms with Gasteiger partial charge in [0.1, 0.15) is 11.6 Å². The van der Waals surface area contributed by atoms with Crippen molar-refractivity contribution in [1.82, 2.24) is 10.2 Å². The number of carbonyl (C=O) groups is 1. The van der Waals surface area contributed by atoms with Gasteiger partial charge in [0.15, 0.2) is 0 Å². The zero-order valence-electron chi connectivity index (χ0n) is 15.0. The van der Waals surface area contributed by atoms with E-state index in [1.807, 2.05) is 0 Å². The van der Waals surface area contributed by atoms with Crippen molar-refractivity contribution in [2.45, 2.75) is 32.1 Å². The summed E-state index contributed by atoms with van der Waals surface area (Å²) in [6, 6.07) is 8.21. The van der Waals surface area contributed by atoms with Crippen molar-refractivity contribution in [3.8, 4) is 6.07 Å². The van der Waals surface area contributed by atoms with E-state index < -0.39 is 11.9 Å². The molecule has 1 aromatic rings. The molecule has 2 aliphatic heterocycles. The van der Waals surface area contributed by atoms with Crippen molar-refractivity contribution in [1.29, 1.82) is 5.26 Å². The molecule has 1 aromatic carbocycles. The maximum absolute atomic E-state index is 13.4. The standard InChI is InChI=1S/C20H22FN3O2/c1-13-17(20(25)26-2)18(14-6-8-15(21)9-7-14)16(12-22)19(23-13)24-10-4-3-5-11-24/h6-9,18,23H,3-5,10-11H2,1-2H3. The molecule has 2 aliphatic rings. The fourth-order valence-electron chi connectivity index (χ4n) is 3.66. The molecule has 3 rings (SSSR count). The van der Waals surface area contributed by atoms with Gasteiger partial charge in [0.25, 0.3) is 0 Å². The smallest absolute Gasteiger partial charge is 0.336 e. The van der Waals surface area contributed by atoms with Crippen LogP contribution in [-0.4, -0.2) is 31.1 Å². The highest BCUT2D eigenvalue weighted by Gasteiger charge is 2.36. The molecule has 0 bridgehead atoms. The molecule has 0 amide bonds. The molecule has 6 heteroatoms. The van der Waals surface area contributed by atoms with Crippen LogP contribution in [0.1, 0.15) is 37.7 Å². The number of hydrogen-bond acceptors (Lipinski definition) is 5. The van der Waals surface area contributed by atoms with E-state index in [9.17, 15) is 14.4 Å². The van der Waals surface area contributed by atoms with E-state index in [1.165, 1.54) is 25.7 Å². The number of piperidine rings is 1. The van der Waals surface area contributed by atoms with Gasteiger partial charge in [0, 0.05) is 18.8 Å². The molecule has 136 valence electrons. The van der Waals surface area contributed by atoms with Gasteiger partial charge in [0.2, 0.25) is 0 Å². The first-order valence-corrected chi connectivity index (χ1v) is 8.77. The highest BCUT2D eigenvalue weighted by molar-refractivity contribution is 5.93. The molecule has 1 unspecified atom stereocenters. The van der Waals surface area contributed by atoms with Crippen molar-refractivity contribution in [3.05, 3.63) is 58.3 Å². The van der Waals surface area contributed by atoms with Crippen molar-refractivity contribution in [3.63, 3.8) is 0 Å². The van der Waals surface area contributed by atoms with Crippen molar-refractivity contribution >= 4 is 5.97 Å². The number of halogens is 1. The third-order valence-electron chi connectivity index (χ3n) is 4.94. The maximum atomic E-state index is 13.4. The predicted molar refractivity (Wildman–Crippen MR) is 95.1 cm³/mol. The van der Waals surface area contributed by atoms with E-state index in [0.29, 0.717) is 22.4 Å². The summed E-state index contributed by atoms with van der Waals surface area (Å²) in [4.78, 5) is 14.6. The lowest BCUT2D eigenvalue weighted by atomic mass is 9.81. The predicted octanol–water partition coefficient (Wildman–Crippen LogP) is 3.18. The van der Waals surface area contributed by atoms with Gasteiger partial charge >= 0.3 is 5.97 Å². The molecular formula is C20H22FN3O2. The Hall–Kier alpha value is -2.81.